The van der Waals surface area contributed by atoms with Crippen molar-refractivity contribution in [3.63, 3.8) is 0 Å². The molecule has 0 atom stereocenters. The lowest BCUT2D eigenvalue weighted by atomic mass is 10.2. The van der Waals surface area contributed by atoms with Gasteiger partial charge in [0.1, 0.15) is 0 Å². The van der Waals surface area contributed by atoms with Crippen LogP contribution in [0.2, 0.25) is 10.3 Å². The van der Waals surface area contributed by atoms with E-state index >= 15 is 0 Å². The standard InChI is InChI=1S/C8H6Cl2N4/c9-7-8(10)14-6-2-4(12)3(11)1-5(6)13-7/h1-2H,11-12H2. The van der Waals surface area contributed by atoms with Crippen molar-refractivity contribution < 1.29 is 0 Å². The summed E-state index contributed by atoms with van der Waals surface area (Å²) in [7, 11) is 0. The number of hydrogen-bond donors (Lipinski definition) is 2. The fraction of sp³-hybridized carbons (Fsp3) is 0. The summed E-state index contributed by atoms with van der Waals surface area (Å²) >= 11 is 11.4. The minimum absolute atomic E-state index is 0.156. The van der Waals surface area contributed by atoms with E-state index in [0.717, 1.165) is 0 Å². The van der Waals surface area contributed by atoms with Crippen LogP contribution in [-0.2, 0) is 0 Å². The third-order valence-electron chi connectivity index (χ3n) is 1.79. The molecule has 6 heteroatoms. The van der Waals surface area contributed by atoms with E-state index in [9.17, 15) is 0 Å². The molecule has 4 N–H and O–H groups in total. The number of fused-ring (bicyclic) bond motifs is 1. The molecule has 0 aliphatic heterocycles. The molecule has 1 heterocycles. The van der Waals surface area contributed by atoms with Gasteiger partial charge >= 0.3 is 0 Å². The summed E-state index contributed by atoms with van der Waals surface area (Å²) in [5.41, 5.74) is 13.3. The summed E-state index contributed by atoms with van der Waals surface area (Å²) in [4.78, 5) is 8.03. The molecule has 0 unspecified atom stereocenters. The largest absolute Gasteiger partial charge is 0.397 e. The number of aromatic nitrogens is 2. The van der Waals surface area contributed by atoms with E-state index < -0.39 is 0 Å². The van der Waals surface area contributed by atoms with Crippen LogP contribution in [0.1, 0.15) is 0 Å². The molecule has 0 aliphatic carbocycles. The lowest BCUT2D eigenvalue weighted by Crippen LogP contribution is -1.96. The molecule has 2 rings (SSSR count). The van der Waals surface area contributed by atoms with E-state index in [2.05, 4.69) is 9.97 Å². The Kier molecular flexibility index (Phi) is 2.09. The molecule has 0 fully saturated rings. The van der Waals surface area contributed by atoms with Crippen LogP contribution in [0.25, 0.3) is 11.0 Å². The van der Waals surface area contributed by atoms with Crippen molar-refractivity contribution in [1.82, 2.24) is 9.97 Å². The van der Waals surface area contributed by atoms with Crippen LogP contribution in [0.5, 0.6) is 0 Å². The number of nitrogens with zero attached hydrogens (tertiary/aromatic N) is 2. The Morgan fingerprint density at radius 1 is 0.857 bits per heavy atom. The lowest BCUT2D eigenvalue weighted by molar-refractivity contribution is 1.29. The monoisotopic (exact) mass is 228 g/mol. The summed E-state index contributed by atoms with van der Waals surface area (Å²) in [6.07, 6.45) is 0. The second kappa shape index (κ2) is 3.15. The molecule has 2 aromatic rings. The first-order valence-corrected chi connectivity index (χ1v) is 4.51. The van der Waals surface area contributed by atoms with Gasteiger partial charge in [0.05, 0.1) is 22.4 Å². The van der Waals surface area contributed by atoms with E-state index in [1.54, 1.807) is 12.1 Å². The normalized spacial score (nSPS) is 10.7. The van der Waals surface area contributed by atoms with Gasteiger partial charge in [-0.15, -0.1) is 0 Å². The van der Waals surface area contributed by atoms with Crippen molar-refractivity contribution >= 4 is 45.6 Å². The smallest absolute Gasteiger partial charge is 0.167 e. The van der Waals surface area contributed by atoms with Gasteiger partial charge in [-0.05, 0) is 12.1 Å². The zero-order chi connectivity index (χ0) is 10.3. The Bertz CT molecular complexity index is 423. The minimum Gasteiger partial charge on any atom is -0.397 e. The molecule has 14 heavy (non-hydrogen) atoms. The van der Waals surface area contributed by atoms with Crippen molar-refractivity contribution in [2.24, 2.45) is 0 Å². The summed E-state index contributed by atoms with van der Waals surface area (Å²) in [5, 5.41) is 0.312. The Balaban J connectivity index is 2.83. The number of anilines is 2. The Hall–Kier alpha value is -1.26. The number of benzene rings is 1. The number of nitrogens with two attached hydrogens (primary N) is 2. The highest BCUT2D eigenvalue weighted by atomic mass is 35.5. The van der Waals surface area contributed by atoms with Gasteiger partial charge in [-0.2, -0.15) is 0 Å². The first-order chi connectivity index (χ1) is 6.58. The molecular weight excluding hydrogens is 223 g/mol. The third-order valence-corrected chi connectivity index (χ3v) is 2.41. The van der Waals surface area contributed by atoms with E-state index in [1.807, 2.05) is 0 Å². The van der Waals surface area contributed by atoms with Gasteiger partial charge in [-0.1, -0.05) is 23.2 Å². The van der Waals surface area contributed by atoms with Gasteiger partial charge < -0.3 is 11.5 Å². The average Bonchev–Trinajstić information content (AvgIpc) is 2.11. The van der Waals surface area contributed by atoms with Crippen LogP contribution in [0.4, 0.5) is 11.4 Å². The second-order valence-corrected chi connectivity index (χ2v) is 3.49. The van der Waals surface area contributed by atoms with Gasteiger partial charge in [0, 0.05) is 0 Å². The molecule has 0 saturated heterocycles. The van der Waals surface area contributed by atoms with Crippen molar-refractivity contribution in [1.29, 1.82) is 0 Å². The van der Waals surface area contributed by atoms with Crippen LogP contribution in [0, 0.1) is 0 Å². The van der Waals surface area contributed by atoms with E-state index in [0.29, 0.717) is 22.4 Å². The predicted octanol–water partition coefficient (Wildman–Crippen LogP) is 2.10. The van der Waals surface area contributed by atoms with Gasteiger partial charge in [0.15, 0.2) is 10.3 Å². The number of halogens is 2. The van der Waals surface area contributed by atoms with Crippen molar-refractivity contribution in [3.05, 3.63) is 22.4 Å². The van der Waals surface area contributed by atoms with Crippen molar-refractivity contribution in [2.75, 3.05) is 11.5 Å². The average molecular weight is 229 g/mol. The van der Waals surface area contributed by atoms with E-state index in [-0.39, 0.29) is 10.3 Å². The highest BCUT2D eigenvalue weighted by Crippen LogP contribution is 2.25. The summed E-state index contributed by atoms with van der Waals surface area (Å²) in [6, 6.07) is 3.22. The van der Waals surface area contributed by atoms with Gasteiger partial charge in [0.2, 0.25) is 0 Å². The molecule has 72 valence electrons. The molecular formula is C8H6Cl2N4. The van der Waals surface area contributed by atoms with Crippen LogP contribution in [0.15, 0.2) is 12.1 Å². The highest BCUT2D eigenvalue weighted by Gasteiger charge is 2.06. The Morgan fingerprint density at radius 3 is 1.57 bits per heavy atom. The zero-order valence-electron chi connectivity index (χ0n) is 6.96. The number of hydrogen-bond acceptors (Lipinski definition) is 4. The maximum absolute atomic E-state index is 5.70. The summed E-state index contributed by atoms with van der Waals surface area (Å²) in [6.45, 7) is 0. The van der Waals surface area contributed by atoms with E-state index in [1.165, 1.54) is 0 Å². The van der Waals surface area contributed by atoms with Gasteiger partial charge in [-0.25, -0.2) is 9.97 Å². The van der Waals surface area contributed by atoms with Crippen molar-refractivity contribution in [2.45, 2.75) is 0 Å². The predicted molar refractivity (Wildman–Crippen MR) is 58.4 cm³/mol. The molecule has 0 aliphatic rings. The molecule has 0 spiro atoms. The van der Waals surface area contributed by atoms with Gasteiger partial charge in [0.25, 0.3) is 0 Å². The van der Waals surface area contributed by atoms with Crippen molar-refractivity contribution in [3.8, 4) is 0 Å². The first kappa shape index (κ1) is 9.30. The Labute approximate surface area is 89.8 Å². The molecule has 0 saturated carbocycles. The summed E-state index contributed by atoms with van der Waals surface area (Å²) < 4.78 is 0. The molecule has 0 amide bonds. The molecule has 4 nitrogen and oxygen atoms in total. The highest BCUT2D eigenvalue weighted by molar-refractivity contribution is 6.40. The molecule has 0 bridgehead atoms. The van der Waals surface area contributed by atoms with E-state index in [4.69, 9.17) is 34.7 Å². The van der Waals surface area contributed by atoms with Crippen LogP contribution in [-0.4, -0.2) is 9.97 Å². The summed E-state index contributed by atoms with van der Waals surface area (Å²) in [5.74, 6) is 0. The molecule has 1 aromatic heterocycles. The minimum atomic E-state index is 0.156. The fourth-order valence-electron chi connectivity index (χ4n) is 1.09. The third kappa shape index (κ3) is 1.42. The molecule has 1 aromatic carbocycles. The first-order valence-electron chi connectivity index (χ1n) is 3.75. The lowest BCUT2D eigenvalue weighted by Gasteiger charge is -2.03. The second-order valence-electron chi connectivity index (χ2n) is 2.78. The quantitative estimate of drug-likeness (QED) is 0.678. The van der Waals surface area contributed by atoms with Gasteiger partial charge in [-0.3, -0.25) is 0 Å². The Morgan fingerprint density at radius 2 is 1.21 bits per heavy atom. The van der Waals surface area contributed by atoms with Crippen LogP contribution < -0.4 is 11.5 Å². The fourth-order valence-corrected chi connectivity index (χ4v) is 1.36. The van der Waals surface area contributed by atoms with Crippen LogP contribution >= 0.6 is 23.2 Å². The number of nitrogen functional groups attached to an aromatic ring is 2. The maximum Gasteiger partial charge on any atom is 0.167 e. The zero-order valence-corrected chi connectivity index (χ0v) is 8.47. The maximum atomic E-state index is 5.70. The SMILES string of the molecule is Nc1cc2nc(Cl)c(Cl)nc2cc1N. The molecule has 0 radical (unpaired) electrons. The van der Waals surface area contributed by atoms with Crippen LogP contribution in [0.3, 0.4) is 0 Å². The topological polar surface area (TPSA) is 77.8 Å². The number of rotatable bonds is 0.